The third-order valence-corrected chi connectivity index (χ3v) is 10.4. The van der Waals surface area contributed by atoms with E-state index in [0.717, 1.165) is 16.7 Å². The van der Waals surface area contributed by atoms with Gasteiger partial charge in [-0.05, 0) is 151 Å². The number of benzene rings is 3. The molecule has 0 N–H and O–H groups in total. The van der Waals surface area contributed by atoms with Crippen molar-refractivity contribution in [2.75, 3.05) is 0 Å². The van der Waals surface area contributed by atoms with E-state index in [2.05, 4.69) is 95.6 Å². The number of phosphoric acid groups is 1. The molecule has 0 aromatic heterocycles. The minimum Gasteiger partial charge on any atom is -0.383 e. The normalized spacial score (nSPS) is 11.4. The van der Waals surface area contributed by atoms with Gasteiger partial charge in [-0.15, -0.1) is 0 Å². The van der Waals surface area contributed by atoms with Crippen LogP contribution in [0.3, 0.4) is 0 Å². The van der Waals surface area contributed by atoms with Crippen LogP contribution in [0.5, 0.6) is 17.2 Å². The first-order valence-electron chi connectivity index (χ1n) is 8.96. The highest BCUT2D eigenvalue weighted by atomic mass is 79.9. The summed E-state index contributed by atoms with van der Waals surface area (Å²) in [5.41, 5.74) is 2.68. The minimum absolute atomic E-state index is 0.299. The zero-order valence-electron chi connectivity index (χ0n) is 16.8. The number of aryl methyl sites for hydroxylation is 3. The third-order valence-electron chi connectivity index (χ3n) is 4.34. The van der Waals surface area contributed by atoms with Gasteiger partial charge < -0.3 is 13.6 Å². The number of hydrogen-bond acceptors (Lipinski definition) is 4. The molecule has 3 aromatic rings. The highest BCUT2D eigenvalue weighted by Crippen LogP contribution is 2.57. The Morgan fingerprint density at radius 2 is 0.781 bits per heavy atom. The Bertz CT molecular complexity index is 1100. The molecule has 0 radical (unpaired) electrons. The molecule has 0 amide bonds. The fraction of sp³-hybridized carbons (Fsp3) is 0.143. The van der Waals surface area contributed by atoms with Crippen LogP contribution < -0.4 is 13.6 Å². The molecule has 4 nitrogen and oxygen atoms in total. The van der Waals surface area contributed by atoms with Gasteiger partial charge in [0.25, 0.3) is 0 Å². The summed E-state index contributed by atoms with van der Waals surface area (Å²) < 4.78 is 35.8. The van der Waals surface area contributed by atoms with Crippen molar-refractivity contribution in [3.05, 3.63) is 79.9 Å². The van der Waals surface area contributed by atoms with Crippen LogP contribution in [0.1, 0.15) is 16.7 Å². The summed E-state index contributed by atoms with van der Waals surface area (Å²) in [5.74, 6) is 0.898. The Balaban J connectivity index is 2.16. The molecule has 3 aromatic carbocycles. The Morgan fingerprint density at radius 3 is 1.03 bits per heavy atom. The second kappa shape index (κ2) is 10.8. The van der Waals surface area contributed by atoms with Crippen LogP contribution in [0.15, 0.2) is 63.2 Å². The van der Waals surface area contributed by atoms with Crippen molar-refractivity contribution < 1.29 is 18.1 Å². The summed E-state index contributed by atoms with van der Waals surface area (Å²) in [6.07, 6.45) is 0. The van der Waals surface area contributed by atoms with Gasteiger partial charge in [-0.1, -0.05) is 18.2 Å². The van der Waals surface area contributed by atoms with Gasteiger partial charge in [0.05, 0.1) is 26.8 Å². The molecule has 0 fully saturated rings. The summed E-state index contributed by atoms with van der Waals surface area (Å²) in [4.78, 5) is 0. The van der Waals surface area contributed by atoms with E-state index in [1.165, 1.54) is 0 Å². The van der Waals surface area contributed by atoms with E-state index in [4.69, 9.17) is 13.6 Å². The summed E-state index contributed by atoms with van der Waals surface area (Å²) in [6, 6.07) is 11.1. The largest absolute Gasteiger partial charge is 0.647 e. The lowest BCUT2D eigenvalue weighted by Crippen LogP contribution is -2.10. The first-order valence-corrected chi connectivity index (χ1v) is 15.2. The Kier molecular flexibility index (Phi) is 9.06. The second-order valence-electron chi connectivity index (χ2n) is 6.74. The van der Waals surface area contributed by atoms with Crippen LogP contribution >= 0.6 is 103 Å². The summed E-state index contributed by atoms with van der Waals surface area (Å²) in [7, 11) is -4.29. The third kappa shape index (κ3) is 5.86. The van der Waals surface area contributed by atoms with Gasteiger partial charge in [0.1, 0.15) is 0 Å². The lowest BCUT2D eigenvalue weighted by Gasteiger charge is -2.23. The molecule has 3 rings (SSSR count). The molecular weight excluding hydrogens is 827 g/mol. The quantitative estimate of drug-likeness (QED) is 0.232. The van der Waals surface area contributed by atoms with Crippen LogP contribution in [0, 0.1) is 20.8 Å². The van der Waals surface area contributed by atoms with Crippen LogP contribution in [0.4, 0.5) is 0 Å². The number of hydrogen-bond donors (Lipinski definition) is 0. The smallest absolute Gasteiger partial charge is 0.383 e. The molecule has 0 unspecified atom stereocenters. The van der Waals surface area contributed by atoms with Crippen LogP contribution in [0.2, 0.25) is 0 Å². The lowest BCUT2D eigenvalue weighted by molar-refractivity contribution is 0.294. The van der Waals surface area contributed by atoms with E-state index in [1.54, 1.807) is 18.2 Å². The average Bonchev–Trinajstić information content (AvgIpc) is 2.75. The fourth-order valence-corrected chi connectivity index (χ4v) is 7.95. The summed E-state index contributed by atoms with van der Waals surface area (Å²) in [6.45, 7) is 5.70. The molecule has 0 bridgehead atoms. The first-order chi connectivity index (χ1) is 14.9. The van der Waals surface area contributed by atoms with E-state index >= 15 is 0 Å². The molecule has 11 heteroatoms. The lowest BCUT2D eigenvalue weighted by atomic mass is 10.2. The topological polar surface area (TPSA) is 44.8 Å². The zero-order chi connectivity index (χ0) is 23.8. The van der Waals surface area contributed by atoms with Crippen molar-refractivity contribution in [3.63, 3.8) is 0 Å². The molecule has 0 saturated heterocycles. The van der Waals surface area contributed by atoms with E-state index in [1.807, 2.05) is 39.0 Å². The number of halogens is 6. The molecule has 170 valence electrons. The van der Waals surface area contributed by atoms with Gasteiger partial charge in [0.15, 0.2) is 17.2 Å². The van der Waals surface area contributed by atoms with Gasteiger partial charge >= 0.3 is 7.82 Å². The number of phosphoric ester groups is 1. The Morgan fingerprint density at radius 1 is 0.531 bits per heavy atom. The molecule has 0 heterocycles. The van der Waals surface area contributed by atoms with Gasteiger partial charge in [0.2, 0.25) is 0 Å². The van der Waals surface area contributed by atoms with Crippen molar-refractivity contribution in [2.45, 2.75) is 20.8 Å². The van der Waals surface area contributed by atoms with Gasteiger partial charge in [-0.2, -0.15) is 4.57 Å². The zero-order valence-corrected chi connectivity index (χ0v) is 27.2. The highest BCUT2D eigenvalue weighted by Gasteiger charge is 2.38. The standard InChI is InChI=1S/C21H15Br6O4P/c1-10-4-7-13(22)19(16(10)25)29-32(28,30-20-14(23)8-5-11(2)17(20)26)31-21-15(24)9-6-12(3)18(21)27/h4-9H,1-3H3. The predicted octanol–water partition coefficient (Wildman–Crippen LogP) is 10.8. The van der Waals surface area contributed by atoms with Crippen LogP contribution in [-0.2, 0) is 4.57 Å². The van der Waals surface area contributed by atoms with Gasteiger partial charge in [-0.3, -0.25) is 0 Å². The molecule has 0 aliphatic heterocycles. The van der Waals surface area contributed by atoms with E-state index in [-0.39, 0.29) is 0 Å². The van der Waals surface area contributed by atoms with E-state index < -0.39 is 7.82 Å². The van der Waals surface area contributed by atoms with Crippen LogP contribution in [0.25, 0.3) is 0 Å². The SMILES string of the molecule is Cc1ccc(Br)c(OP(=O)(Oc2c(Br)ccc(C)c2Br)Oc2c(Br)ccc(C)c2Br)c1Br. The average molecular weight is 842 g/mol. The van der Waals surface area contributed by atoms with Crippen molar-refractivity contribution in [1.29, 1.82) is 0 Å². The van der Waals surface area contributed by atoms with Crippen molar-refractivity contribution in [2.24, 2.45) is 0 Å². The molecule has 0 spiro atoms. The highest BCUT2D eigenvalue weighted by molar-refractivity contribution is 9.12. The van der Waals surface area contributed by atoms with Gasteiger partial charge in [0, 0.05) is 0 Å². The molecule has 0 atom stereocenters. The van der Waals surface area contributed by atoms with Gasteiger partial charge in [-0.25, -0.2) is 0 Å². The molecule has 0 saturated carbocycles. The summed E-state index contributed by atoms with van der Waals surface area (Å²) in [5, 5.41) is 0. The predicted molar refractivity (Wildman–Crippen MR) is 149 cm³/mol. The molecule has 0 aliphatic rings. The van der Waals surface area contributed by atoms with Crippen molar-refractivity contribution >= 4 is 103 Å². The summed E-state index contributed by atoms with van der Waals surface area (Å²) >= 11 is 20.9. The Labute approximate surface area is 237 Å². The number of rotatable bonds is 6. The molecule has 32 heavy (non-hydrogen) atoms. The van der Waals surface area contributed by atoms with E-state index in [9.17, 15) is 4.57 Å². The first kappa shape index (κ1) is 26.8. The van der Waals surface area contributed by atoms with E-state index in [0.29, 0.717) is 44.1 Å². The van der Waals surface area contributed by atoms with Crippen LogP contribution in [-0.4, -0.2) is 0 Å². The second-order valence-corrected chi connectivity index (χ2v) is 13.1. The maximum atomic E-state index is 14.2. The minimum atomic E-state index is -4.29. The maximum absolute atomic E-state index is 14.2. The van der Waals surface area contributed by atoms with Crippen molar-refractivity contribution in [3.8, 4) is 17.2 Å². The molecular formula is C21H15Br6O4P. The monoisotopic (exact) mass is 836 g/mol. The molecule has 0 aliphatic carbocycles. The van der Waals surface area contributed by atoms with Crippen molar-refractivity contribution in [1.82, 2.24) is 0 Å². The maximum Gasteiger partial charge on any atom is 0.647 e. The fourth-order valence-electron chi connectivity index (χ4n) is 2.54. The Hall–Kier alpha value is 0.170.